The fraction of sp³-hybridized carbons (Fsp3) is 0.400. The number of aryl methyl sites for hydroxylation is 1. The summed E-state index contributed by atoms with van der Waals surface area (Å²) in [6.45, 7) is 2.24. The van der Waals surface area contributed by atoms with Gasteiger partial charge in [-0.15, -0.1) is 0 Å². The molecule has 0 saturated heterocycles. The minimum atomic E-state index is 0.00343. The lowest BCUT2D eigenvalue weighted by Crippen LogP contribution is -2.22. The summed E-state index contributed by atoms with van der Waals surface area (Å²) in [6, 6.07) is 1.77. The average molecular weight is 193 g/mol. The number of carbonyl (C=O) groups is 1. The third kappa shape index (κ3) is 2.53. The summed E-state index contributed by atoms with van der Waals surface area (Å²) < 4.78 is 0. The van der Waals surface area contributed by atoms with Gasteiger partial charge in [0.1, 0.15) is 5.82 Å². The molecule has 0 aromatic carbocycles. The van der Waals surface area contributed by atoms with E-state index in [4.69, 9.17) is 5.73 Å². The van der Waals surface area contributed by atoms with E-state index in [0.717, 1.165) is 5.56 Å². The first-order chi connectivity index (χ1) is 6.50. The maximum atomic E-state index is 11.7. The number of nitrogens with two attached hydrogens (primary N) is 1. The first kappa shape index (κ1) is 10.7. The van der Waals surface area contributed by atoms with E-state index in [2.05, 4.69) is 4.98 Å². The van der Waals surface area contributed by atoms with Gasteiger partial charge in [0, 0.05) is 6.20 Å². The van der Waals surface area contributed by atoms with Gasteiger partial charge in [-0.3, -0.25) is 4.79 Å². The van der Waals surface area contributed by atoms with Gasteiger partial charge in [0.05, 0.1) is 12.1 Å². The Morgan fingerprint density at radius 2 is 2.21 bits per heavy atom. The van der Waals surface area contributed by atoms with Crippen molar-refractivity contribution in [3.63, 3.8) is 0 Å². The quantitative estimate of drug-likeness (QED) is 0.718. The van der Waals surface area contributed by atoms with Gasteiger partial charge in [-0.05, 0) is 32.6 Å². The largest absolute Gasteiger partial charge is 0.383 e. The standard InChI is InChI=1S/C10H15N3O/c1-7-4-8(10(11)12-5-7)9(14)6-13(2)3/h4-5H,6H2,1-3H3,(H2,11,12). The predicted octanol–water partition coefficient (Wildman–Crippen LogP) is 0.717. The lowest BCUT2D eigenvalue weighted by molar-refractivity contribution is 0.0958. The Kier molecular flexibility index (Phi) is 3.19. The maximum Gasteiger partial charge on any atom is 0.180 e. The molecule has 0 saturated carbocycles. The van der Waals surface area contributed by atoms with Crippen LogP contribution in [0.3, 0.4) is 0 Å². The number of pyridine rings is 1. The fourth-order valence-corrected chi connectivity index (χ4v) is 1.18. The van der Waals surface area contributed by atoms with Crippen LogP contribution < -0.4 is 5.73 Å². The number of Topliss-reactive ketones (excluding diaryl/α,β-unsaturated/α-hetero) is 1. The number of hydrogen-bond acceptors (Lipinski definition) is 4. The van der Waals surface area contributed by atoms with E-state index < -0.39 is 0 Å². The smallest absolute Gasteiger partial charge is 0.180 e. The summed E-state index contributed by atoms with van der Waals surface area (Å²) in [5, 5.41) is 0. The van der Waals surface area contributed by atoms with Gasteiger partial charge in [-0.1, -0.05) is 0 Å². The molecule has 0 aliphatic rings. The Morgan fingerprint density at radius 3 is 2.79 bits per heavy atom. The van der Waals surface area contributed by atoms with Crippen molar-refractivity contribution in [2.45, 2.75) is 6.92 Å². The molecule has 1 aromatic heterocycles. The van der Waals surface area contributed by atoms with Crippen LogP contribution in [0, 0.1) is 6.92 Å². The first-order valence-corrected chi connectivity index (χ1v) is 4.40. The Morgan fingerprint density at radius 1 is 1.57 bits per heavy atom. The normalized spacial score (nSPS) is 10.6. The second-order valence-corrected chi connectivity index (χ2v) is 3.61. The van der Waals surface area contributed by atoms with Crippen molar-refractivity contribution in [1.82, 2.24) is 9.88 Å². The second-order valence-electron chi connectivity index (χ2n) is 3.61. The van der Waals surface area contributed by atoms with E-state index in [9.17, 15) is 4.79 Å². The van der Waals surface area contributed by atoms with Crippen molar-refractivity contribution in [2.24, 2.45) is 0 Å². The van der Waals surface area contributed by atoms with Crippen LogP contribution in [0.1, 0.15) is 15.9 Å². The van der Waals surface area contributed by atoms with Gasteiger partial charge >= 0.3 is 0 Å². The predicted molar refractivity (Wildman–Crippen MR) is 56.3 cm³/mol. The van der Waals surface area contributed by atoms with Crippen LogP contribution in [-0.4, -0.2) is 36.3 Å². The van der Waals surface area contributed by atoms with Gasteiger partial charge in [-0.2, -0.15) is 0 Å². The Hall–Kier alpha value is -1.42. The van der Waals surface area contributed by atoms with Crippen LogP contribution >= 0.6 is 0 Å². The van der Waals surface area contributed by atoms with Crippen LogP contribution in [0.15, 0.2) is 12.3 Å². The molecule has 14 heavy (non-hydrogen) atoms. The zero-order valence-electron chi connectivity index (χ0n) is 8.74. The molecule has 0 spiro atoms. The van der Waals surface area contributed by atoms with Crippen LogP contribution in [0.5, 0.6) is 0 Å². The minimum absolute atomic E-state index is 0.00343. The number of likely N-dealkylation sites (N-methyl/N-ethyl adjacent to an activating group) is 1. The molecule has 4 heteroatoms. The van der Waals surface area contributed by atoms with Crippen molar-refractivity contribution in [2.75, 3.05) is 26.4 Å². The van der Waals surface area contributed by atoms with Gasteiger partial charge in [0.2, 0.25) is 0 Å². The molecule has 0 amide bonds. The van der Waals surface area contributed by atoms with E-state index >= 15 is 0 Å². The number of rotatable bonds is 3. The van der Waals surface area contributed by atoms with Crippen LogP contribution in [0.4, 0.5) is 5.82 Å². The SMILES string of the molecule is Cc1cnc(N)c(C(=O)CN(C)C)c1. The highest BCUT2D eigenvalue weighted by Crippen LogP contribution is 2.11. The summed E-state index contributed by atoms with van der Waals surface area (Å²) in [4.78, 5) is 17.4. The van der Waals surface area contributed by atoms with Gasteiger partial charge in [0.15, 0.2) is 5.78 Å². The molecule has 0 bridgehead atoms. The van der Waals surface area contributed by atoms with Crippen molar-refractivity contribution in [3.05, 3.63) is 23.4 Å². The first-order valence-electron chi connectivity index (χ1n) is 4.40. The number of ketones is 1. The Bertz CT molecular complexity index is 347. The highest BCUT2D eigenvalue weighted by molar-refractivity contribution is 6.01. The van der Waals surface area contributed by atoms with Crippen molar-refractivity contribution in [1.29, 1.82) is 0 Å². The molecule has 1 heterocycles. The van der Waals surface area contributed by atoms with Crippen molar-refractivity contribution < 1.29 is 4.79 Å². The van der Waals surface area contributed by atoms with Crippen LogP contribution in [0.25, 0.3) is 0 Å². The molecule has 0 radical (unpaired) electrons. The molecule has 2 N–H and O–H groups in total. The summed E-state index contributed by atoms with van der Waals surface area (Å²) in [5.41, 5.74) is 7.07. The maximum absolute atomic E-state index is 11.7. The molecule has 0 fully saturated rings. The summed E-state index contributed by atoms with van der Waals surface area (Å²) in [6.07, 6.45) is 1.65. The highest BCUT2D eigenvalue weighted by Gasteiger charge is 2.11. The third-order valence-electron chi connectivity index (χ3n) is 1.82. The molecule has 76 valence electrons. The number of nitrogen functional groups attached to an aromatic ring is 1. The number of hydrogen-bond donors (Lipinski definition) is 1. The minimum Gasteiger partial charge on any atom is -0.383 e. The number of carbonyl (C=O) groups excluding carboxylic acids is 1. The van der Waals surface area contributed by atoms with Crippen molar-refractivity contribution >= 4 is 11.6 Å². The summed E-state index contributed by atoms with van der Waals surface area (Å²) >= 11 is 0. The number of anilines is 1. The summed E-state index contributed by atoms with van der Waals surface area (Å²) in [7, 11) is 3.69. The van der Waals surface area contributed by atoms with Gasteiger partial charge in [0.25, 0.3) is 0 Å². The molecule has 4 nitrogen and oxygen atoms in total. The van der Waals surface area contributed by atoms with E-state index in [1.54, 1.807) is 12.3 Å². The zero-order valence-corrected chi connectivity index (χ0v) is 8.74. The summed E-state index contributed by atoms with van der Waals surface area (Å²) in [5.74, 6) is 0.311. The topological polar surface area (TPSA) is 59.2 Å². The fourth-order valence-electron chi connectivity index (χ4n) is 1.18. The highest BCUT2D eigenvalue weighted by atomic mass is 16.1. The Balaban J connectivity index is 2.94. The number of nitrogens with zero attached hydrogens (tertiary/aromatic N) is 2. The van der Waals surface area contributed by atoms with E-state index in [0.29, 0.717) is 17.9 Å². The van der Waals surface area contributed by atoms with E-state index in [-0.39, 0.29) is 5.78 Å². The lowest BCUT2D eigenvalue weighted by atomic mass is 10.1. The van der Waals surface area contributed by atoms with Crippen molar-refractivity contribution in [3.8, 4) is 0 Å². The molecule has 0 aliphatic carbocycles. The molecule has 0 aliphatic heterocycles. The monoisotopic (exact) mass is 193 g/mol. The number of aromatic nitrogens is 1. The zero-order chi connectivity index (χ0) is 10.7. The molecule has 0 unspecified atom stereocenters. The van der Waals surface area contributed by atoms with E-state index in [1.165, 1.54) is 0 Å². The van der Waals surface area contributed by atoms with Gasteiger partial charge < -0.3 is 10.6 Å². The van der Waals surface area contributed by atoms with Gasteiger partial charge in [-0.25, -0.2) is 4.98 Å². The molecule has 1 rings (SSSR count). The molecule has 1 aromatic rings. The van der Waals surface area contributed by atoms with Crippen LogP contribution in [0.2, 0.25) is 0 Å². The average Bonchev–Trinajstić information content (AvgIpc) is 2.08. The Labute approximate surface area is 83.7 Å². The van der Waals surface area contributed by atoms with E-state index in [1.807, 2.05) is 25.9 Å². The second kappa shape index (κ2) is 4.19. The molecular weight excluding hydrogens is 178 g/mol. The molecular formula is C10H15N3O. The lowest BCUT2D eigenvalue weighted by Gasteiger charge is -2.09. The molecule has 0 atom stereocenters. The van der Waals surface area contributed by atoms with Crippen LogP contribution in [-0.2, 0) is 0 Å². The third-order valence-corrected chi connectivity index (χ3v) is 1.82.